The molecule has 3 aromatic rings. The lowest BCUT2D eigenvalue weighted by molar-refractivity contribution is 0.682. The van der Waals surface area contributed by atoms with Crippen molar-refractivity contribution >= 4 is 41.0 Å². The minimum Gasteiger partial charge on any atom is -0.357 e. The molecule has 0 saturated heterocycles. The molecule has 1 aromatic heterocycles. The third-order valence-electron chi connectivity index (χ3n) is 4.28. The van der Waals surface area contributed by atoms with E-state index in [-0.39, 0.29) is 30.0 Å². The van der Waals surface area contributed by atoms with Crippen LogP contribution in [0.4, 0.5) is 0 Å². The molecule has 0 aliphatic heterocycles. The van der Waals surface area contributed by atoms with E-state index in [1.807, 2.05) is 24.3 Å². The number of imidazole rings is 1. The highest BCUT2D eigenvalue weighted by Crippen LogP contribution is 2.12. The molecule has 1 atom stereocenters. The Bertz CT molecular complexity index is 811. The second-order valence-electron chi connectivity index (χ2n) is 6.34. The Balaban J connectivity index is 0.00000261. The van der Waals surface area contributed by atoms with Gasteiger partial charge >= 0.3 is 0 Å². The van der Waals surface area contributed by atoms with Crippen molar-refractivity contribution in [1.82, 2.24) is 20.6 Å². The van der Waals surface area contributed by atoms with Crippen molar-refractivity contribution < 1.29 is 0 Å². The van der Waals surface area contributed by atoms with Crippen LogP contribution in [0.2, 0.25) is 0 Å². The number of nitrogens with zero attached hydrogens (tertiary/aromatic N) is 2. The Labute approximate surface area is 178 Å². The van der Waals surface area contributed by atoms with E-state index in [1.54, 1.807) is 0 Å². The minimum absolute atomic E-state index is 0. The van der Waals surface area contributed by atoms with E-state index in [0.717, 1.165) is 48.7 Å². The number of nitrogens with one attached hydrogen (secondary N) is 3. The summed E-state index contributed by atoms with van der Waals surface area (Å²) in [4.78, 5) is 12.7. The molecule has 0 spiro atoms. The maximum atomic E-state index is 4.70. The Morgan fingerprint density at radius 3 is 2.59 bits per heavy atom. The largest absolute Gasteiger partial charge is 0.357 e. The van der Waals surface area contributed by atoms with Gasteiger partial charge in [-0.25, -0.2) is 4.98 Å². The van der Waals surface area contributed by atoms with E-state index in [4.69, 9.17) is 4.99 Å². The Kier molecular flexibility index (Phi) is 8.57. The molecule has 0 amide bonds. The van der Waals surface area contributed by atoms with Crippen molar-refractivity contribution in [2.24, 2.45) is 4.99 Å². The van der Waals surface area contributed by atoms with Crippen LogP contribution in [0.3, 0.4) is 0 Å². The summed E-state index contributed by atoms with van der Waals surface area (Å²) >= 11 is 0. The fourth-order valence-electron chi connectivity index (χ4n) is 2.91. The van der Waals surface area contributed by atoms with Gasteiger partial charge in [-0.2, -0.15) is 0 Å². The van der Waals surface area contributed by atoms with Crippen molar-refractivity contribution in [1.29, 1.82) is 0 Å². The van der Waals surface area contributed by atoms with Gasteiger partial charge in [0.1, 0.15) is 5.82 Å². The van der Waals surface area contributed by atoms with Crippen molar-refractivity contribution in [3.63, 3.8) is 0 Å². The molecule has 0 fully saturated rings. The minimum atomic E-state index is 0. The van der Waals surface area contributed by atoms with Crippen molar-refractivity contribution in [2.75, 3.05) is 13.1 Å². The molecule has 1 heterocycles. The zero-order chi connectivity index (χ0) is 18.2. The number of hydrogen-bond donors (Lipinski definition) is 3. The van der Waals surface area contributed by atoms with Crippen LogP contribution in [0.25, 0.3) is 11.0 Å². The normalized spacial score (nSPS) is 12.4. The smallest absolute Gasteiger partial charge is 0.191 e. The van der Waals surface area contributed by atoms with Crippen molar-refractivity contribution in [2.45, 2.75) is 32.7 Å². The molecule has 0 radical (unpaired) electrons. The summed E-state index contributed by atoms with van der Waals surface area (Å²) in [5.41, 5.74) is 3.37. The quantitative estimate of drug-likeness (QED) is 0.204. The topological polar surface area (TPSA) is 65.1 Å². The van der Waals surface area contributed by atoms with Gasteiger partial charge in [-0.3, -0.25) is 4.99 Å². The number of rotatable bonds is 7. The number of para-hydroxylation sites is 2. The summed E-state index contributed by atoms with van der Waals surface area (Å²) in [6.45, 7) is 5.83. The van der Waals surface area contributed by atoms with Gasteiger partial charge < -0.3 is 15.6 Å². The van der Waals surface area contributed by atoms with Crippen LogP contribution < -0.4 is 10.6 Å². The monoisotopic (exact) mass is 477 g/mol. The standard InChI is InChI=1S/C21H27N5.HI/c1-3-22-21(24-16(2)17-10-5-4-6-11-17)23-15-9-14-20-25-18-12-7-8-13-19(18)26-20;/h4-8,10-13,16H,3,9,14-15H2,1-2H3,(H,25,26)(H2,22,23,24);1H. The first-order chi connectivity index (χ1) is 12.8. The molecule has 5 nitrogen and oxygen atoms in total. The maximum Gasteiger partial charge on any atom is 0.191 e. The number of hydrogen-bond acceptors (Lipinski definition) is 2. The highest BCUT2D eigenvalue weighted by atomic mass is 127. The summed E-state index contributed by atoms with van der Waals surface area (Å²) in [6.07, 6.45) is 1.85. The third kappa shape index (κ3) is 6.23. The van der Waals surface area contributed by atoms with Crippen LogP contribution in [0.1, 0.15) is 37.7 Å². The molecule has 1 unspecified atom stereocenters. The fourth-order valence-corrected chi connectivity index (χ4v) is 2.91. The van der Waals surface area contributed by atoms with E-state index >= 15 is 0 Å². The van der Waals surface area contributed by atoms with Gasteiger partial charge in [-0.1, -0.05) is 42.5 Å². The molecule has 0 bridgehead atoms. The number of aromatic amines is 1. The van der Waals surface area contributed by atoms with Gasteiger partial charge in [0, 0.05) is 19.5 Å². The second-order valence-corrected chi connectivity index (χ2v) is 6.34. The zero-order valence-electron chi connectivity index (χ0n) is 15.9. The van der Waals surface area contributed by atoms with Crippen LogP contribution in [-0.4, -0.2) is 29.0 Å². The summed E-state index contributed by atoms with van der Waals surface area (Å²) in [5, 5.41) is 6.79. The number of aryl methyl sites for hydroxylation is 1. The fraction of sp³-hybridized carbons (Fsp3) is 0.333. The number of aromatic nitrogens is 2. The summed E-state index contributed by atoms with van der Waals surface area (Å²) in [7, 11) is 0. The average Bonchev–Trinajstić information content (AvgIpc) is 3.09. The van der Waals surface area contributed by atoms with E-state index in [1.165, 1.54) is 5.56 Å². The summed E-state index contributed by atoms with van der Waals surface area (Å²) in [6, 6.07) is 18.8. The van der Waals surface area contributed by atoms with Crippen LogP contribution in [0, 0.1) is 0 Å². The highest BCUT2D eigenvalue weighted by molar-refractivity contribution is 14.0. The van der Waals surface area contributed by atoms with Gasteiger partial charge in [-0.05, 0) is 38.0 Å². The van der Waals surface area contributed by atoms with E-state index in [2.05, 4.69) is 64.8 Å². The molecule has 0 aliphatic carbocycles. The van der Waals surface area contributed by atoms with Crippen LogP contribution in [0.5, 0.6) is 0 Å². The lowest BCUT2D eigenvalue weighted by Crippen LogP contribution is -2.38. The van der Waals surface area contributed by atoms with Gasteiger partial charge in [0.05, 0.1) is 17.1 Å². The first-order valence-corrected chi connectivity index (χ1v) is 9.29. The van der Waals surface area contributed by atoms with E-state index in [9.17, 15) is 0 Å². The predicted molar refractivity (Wildman–Crippen MR) is 124 cm³/mol. The molecule has 3 N–H and O–H groups in total. The molecule has 2 aromatic carbocycles. The highest BCUT2D eigenvalue weighted by Gasteiger charge is 2.07. The van der Waals surface area contributed by atoms with Crippen LogP contribution in [-0.2, 0) is 6.42 Å². The third-order valence-corrected chi connectivity index (χ3v) is 4.28. The Hall–Kier alpha value is -2.09. The summed E-state index contributed by atoms with van der Waals surface area (Å²) < 4.78 is 0. The van der Waals surface area contributed by atoms with E-state index in [0.29, 0.717) is 0 Å². The van der Waals surface area contributed by atoms with Gasteiger partial charge in [-0.15, -0.1) is 24.0 Å². The van der Waals surface area contributed by atoms with E-state index < -0.39 is 0 Å². The number of H-pyrrole nitrogens is 1. The first kappa shape index (κ1) is 21.2. The lowest BCUT2D eigenvalue weighted by Gasteiger charge is -2.18. The Morgan fingerprint density at radius 2 is 1.85 bits per heavy atom. The molecule has 144 valence electrons. The number of benzene rings is 2. The molecular formula is C21H28IN5. The van der Waals surface area contributed by atoms with Crippen molar-refractivity contribution in [3.05, 3.63) is 66.0 Å². The zero-order valence-corrected chi connectivity index (χ0v) is 18.2. The molecule has 0 aliphatic rings. The molecule has 0 saturated carbocycles. The number of fused-ring (bicyclic) bond motifs is 1. The van der Waals surface area contributed by atoms with Gasteiger partial charge in [0.25, 0.3) is 0 Å². The first-order valence-electron chi connectivity index (χ1n) is 9.29. The van der Waals surface area contributed by atoms with Gasteiger partial charge in [0.15, 0.2) is 5.96 Å². The second kappa shape index (κ2) is 10.9. The lowest BCUT2D eigenvalue weighted by atomic mass is 10.1. The molecular weight excluding hydrogens is 449 g/mol. The molecule has 6 heteroatoms. The number of guanidine groups is 1. The number of halogens is 1. The molecule has 27 heavy (non-hydrogen) atoms. The van der Waals surface area contributed by atoms with Gasteiger partial charge in [0.2, 0.25) is 0 Å². The maximum absolute atomic E-state index is 4.70. The Morgan fingerprint density at radius 1 is 1.11 bits per heavy atom. The van der Waals surface area contributed by atoms with Crippen molar-refractivity contribution in [3.8, 4) is 0 Å². The summed E-state index contributed by atoms with van der Waals surface area (Å²) in [5.74, 6) is 1.88. The average molecular weight is 477 g/mol. The predicted octanol–water partition coefficient (Wildman–Crippen LogP) is 4.43. The SMILES string of the molecule is CCNC(=NCCCc1nc2ccccc2[nH]1)NC(C)c1ccccc1.I. The van der Waals surface area contributed by atoms with Crippen LogP contribution >= 0.6 is 24.0 Å². The molecule has 3 rings (SSSR count). The number of aliphatic imine (C=N–C) groups is 1. The van der Waals surface area contributed by atoms with Crippen LogP contribution in [0.15, 0.2) is 59.6 Å².